The number of amides is 2. The molecule has 0 radical (unpaired) electrons. The van der Waals surface area contributed by atoms with Gasteiger partial charge < -0.3 is 24.8 Å². The molecule has 9 heteroatoms. The second-order valence-electron chi connectivity index (χ2n) is 12.8. The molecule has 2 aromatic rings. The standard InChI is InChI=1S/C34H42FN5O3/c1-43-33(42)37-31-8-3-7-30(31)34(23-38-15-4-16-38,27-5-2-6-28(35)19-27)26-13-17-39(18-14-26)32(41)25-21-40(22-25)29-11-9-24(20-36)10-12-29/h2,5-6,9-12,19,25-26,30-31H,3-4,7-8,13-18,21-23H2,1H3,(H,37,42)/t30-,31-,34?/m0/s1. The van der Waals surface area contributed by atoms with Gasteiger partial charge in [-0.1, -0.05) is 18.6 Å². The van der Waals surface area contributed by atoms with Gasteiger partial charge in [-0.25, -0.2) is 9.18 Å². The number of halogens is 1. The van der Waals surface area contributed by atoms with Crippen LogP contribution >= 0.6 is 0 Å². The molecule has 0 aromatic heterocycles. The molecule has 8 nitrogen and oxygen atoms in total. The van der Waals surface area contributed by atoms with Gasteiger partial charge in [0.25, 0.3) is 0 Å². The Labute approximate surface area is 253 Å². The number of anilines is 1. The smallest absolute Gasteiger partial charge is 0.407 e. The van der Waals surface area contributed by atoms with Gasteiger partial charge in [0.05, 0.1) is 24.7 Å². The van der Waals surface area contributed by atoms with Crippen molar-refractivity contribution in [1.82, 2.24) is 15.1 Å². The predicted octanol–water partition coefficient (Wildman–Crippen LogP) is 4.54. The van der Waals surface area contributed by atoms with Crippen molar-refractivity contribution in [3.63, 3.8) is 0 Å². The lowest BCUT2D eigenvalue weighted by atomic mass is 9.57. The molecule has 0 bridgehead atoms. The number of carbonyl (C=O) groups excluding carboxylic acids is 2. The van der Waals surface area contributed by atoms with Gasteiger partial charge in [0.15, 0.2) is 0 Å². The quantitative estimate of drug-likeness (QED) is 0.488. The van der Waals surface area contributed by atoms with E-state index in [2.05, 4.69) is 27.3 Å². The van der Waals surface area contributed by atoms with Crippen molar-refractivity contribution < 1.29 is 18.7 Å². The van der Waals surface area contributed by atoms with E-state index in [0.29, 0.717) is 31.7 Å². The fraction of sp³-hybridized carbons (Fsp3) is 0.559. The Balaban J connectivity index is 1.20. The maximum atomic E-state index is 14.9. The minimum absolute atomic E-state index is 0.0234. The van der Waals surface area contributed by atoms with E-state index in [4.69, 9.17) is 10.00 Å². The van der Waals surface area contributed by atoms with Gasteiger partial charge in [-0.3, -0.25) is 4.79 Å². The Morgan fingerprint density at radius 1 is 1.02 bits per heavy atom. The largest absolute Gasteiger partial charge is 0.453 e. The summed E-state index contributed by atoms with van der Waals surface area (Å²) in [6.45, 7) is 5.67. The molecule has 228 valence electrons. The summed E-state index contributed by atoms with van der Waals surface area (Å²) in [4.78, 5) is 32.7. The van der Waals surface area contributed by atoms with Gasteiger partial charge >= 0.3 is 6.09 Å². The van der Waals surface area contributed by atoms with E-state index in [1.54, 1.807) is 6.07 Å². The Morgan fingerprint density at radius 3 is 2.40 bits per heavy atom. The van der Waals surface area contributed by atoms with Crippen LogP contribution in [0.4, 0.5) is 14.9 Å². The minimum atomic E-state index is -0.412. The predicted molar refractivity (Wildman–Crippen MR) is 162 cm³/mol. The summed E-state index contributed by atoms with van der Waals surface area (Å²) in [5.74, 6) is 0.359. The fourth-order valence-electron chi connectivity index (χ4n) is 8.20. The van der Waals surface area contributed by atoms with Crippen LogP contribution in [0.1, 0.15) is 49.7 Å². The normalized spacial score (nSPS) is 24.4. The molecule has 1 aliphatic carbocycles. The molecule has 1 unspecified atom stereocenters. The monoisotopic (exact) mass is 587 g/mol. The molecule has 2 amide bonds. The molecular formula is C34H42FN5O3. The van der Waals surface area contributed by atoms with Crippen molar-refractivity contribution in [2.45, 2.75) is 50.0 Å². The number of benzene rings is 2. The van der Waals surface area contributed by atoms with Crippen LogP contribution in [0.3, 0.4) is 0 Å². The summed E-state index contributed by atoms with van der Waals surface area (Å²) in [6.07, 6.45) is 5.31. The van der Waals surface area contributed by atoms with E-state index in [1.807, 2.05) is 35.2 Å². The molecule has 2 aromatic carbocycles. The first-order valence-corrected chi connectivity index (χ1v) is 15.8. The SMILES string of the molecule is COC(=O)N[C@H]1CCC[C@@H]1C(CN1CCC1)(c1cccc(F)c1)C1CCN(C(=O)C2CN(c3ccc(C#N)cc3)C2)CC1. The Bertz CT molecular complexity index is 1340. The van der Waals surface area contributed by atoms with Crippen LogP contribution in [-0.2, 0) is 14.9 Å². The van der Waals surface area contributed by atoms with Gasteiger partial charge in [-0.2, -0.15) is 5.26 Å². The number of rotatable bonds is 8. The van der Waals surface area contributed by atoms with Crippen LogP contribution in [0, 0.1) is 34.9 Å². The summed E-state index contributed by atoms with van der Waals surface area (Å²) in [5.41, 5.74) is 2.35. The molecule has 1 saturated carbocycles. The van der Waals surface area contributed by atoms with E-state index in [1.165, 1.54) is 19.6 Å². The third kappa shape index (κ3) is 5.82. The van der Waals surface area contributed by atoms with Crippen molar-refractivity contribution in [1.29, 1.82) is 5.26 Å². The van der Waals surface area contributed by atoms with Gasteiger partial charge in [0.2, 0.25) is 5.91 Å². The van der Waals surface area contributed by atoms with Gasteiger partial charge in [-0.15, -0.1) is 0 Å². The average Bonchev–Trinajstić information content (AvgIpc) is 3.44. The van der Waals surface area contributed by atoms with E-state index >= 15 is 0 Å². The molecule has 0 spiro atoms. The van der Waals surface area contributed by atoms with Crippen molar-refractivity contribution in [3.8, 4) is 6.07 Å². The highest BCUT2D eigenvalue weighted by atomic mass is 19.1. The van der Waals surface area contributed by atoms with E-state index in [9.17, 15) is 14.0 Å². The lowest BCUT2D eigenvalue weighted by molar-refractivity contribution is -0.138. The molecule has 43 heavy (non-hydrogen) atoms. The zero-order chi connectivity index (χ0) is 30.0. The molecule has 3 heterocycles. The highest BCUT2D eigenvalue weighted by Crippen LogP contribution is 2.51. The highest BCUT2D eigenvalue weighted by Gasteiger charge is 2.53. The molecule has 4 fully saturated rings. The van der Waals surface area contributed by atoms with E-state index in [-0.39, 0.29) is 40.9 Å². The number of likely N-dealkylation sites (tertiary alicyclic amines) is 2. The summed E-state index contributed by atoms with van der Waals surface area (Å²) in [5, 5.41) is 12.2. The second-order valence-corrected chi connectivity index (χ2v) is 12.8. The molecule has 6 rings (SSSR count). The number of hydrogen-bond donors (Lipinski definition) is 1. The number of nitriles is 1. The van der Waals surface area contributed by atoms with Gasteiger partial charge in [0.1, 0.15) is 5.82 Å². The molecule has 1 N–H and O–H groups in total. The number of carbonyl (C=O) groups is 2. The lowest BCUT2D eigenvalue weighted by Gasteiger charge is -2.54. The summed E-state index contributed by atoms with van der Waals surface area (Å²) < 4.78 is 19.9. The number of alkyl carbamates (subject to hydrolysis) is 1. The van der Waals surface area contributed by atoms with Crippen molar-refractivity contribution in [2.24, 2.45) is 17.8 Å². The van der Waals surface area contributed by atoms with Gasteiger partial charge in [0, 0.05) is 49.9 Å². The van der Waals surface area contributed by atoms with Crippen LogP contribution in [0.5, 0.6) is 0 Å². The number of nitrogens with zero attached hydrogens (tertiary/aromatic N) is 4. The van der Waals surface area contributed by atoms with Crippen LogP contribution < -0.4 is 10.2 Å². The second kappa shape index (κ2) is 12.5. The van der Waals surface area contributed by atoms with Crippen LogP contribution in [0.15, 0.2) is 48.5 Å². The minimum Gasteiger partial charge on any atom is -0.453 e. The van der Waals surface area contributed by atoms with Crippen molar-refractivity contribution in [3.05, 3.63) is 65.5 Å². The summed E-state index contributed by atoms with van der Waals surface area (Å²) >= 11 is 0. The Morgan fingerprint density at radius 2 is 1.77 bits per heavy atom. The lowest BCUT2D eigenvalue weighted by Crippen LogP contribution is -2.60. The molecular weight excluding hydrogens is 545 g/mol. The maximum Gasteiger partial charge on any atom is 0.407 e. The van der Waals surface area contributed by atoms with Crippen LogP contribution in [0.25, 0.3) is 0 Å². The zero-order valence-corrected chi connectivity index (χ0v) is 25.0. The number of hydrogen-bond acceptors (Lipinski definition) is 6. The van der Waals surface area contributed by atoms with Crippen LogP contribution in [-0.4, -0.2) is 80.8 Å². The molecule has 3 atom stereocenters. The summed E-state index contributed by atoms with van der Waals surface area (Å²) in [7, 11) is 1.40. The zero-order valence-electron chi connectivity index (χ0n) is 25.0. The first kappa shape index (κ1) is 29.4. The third-order valence-corrected chi connectivity index (χ3v) is 10.6. The first-order valence-electron chi connectivity index (χ1n) is 15.8. The van der Waals surface area contributed by atoms with Crippen molar-refractivity contribution >= 4 is 17.7 Å². The number of nitrogens with one attached hydrogen (secondary N) is 1. The van der Waals surface area contributed by atoms with Crippen molar-refractivity contribution in [2.75, 3.05) is 57.8 Å². The molecule has 3 saturated heterocycles. The van der Waals surface area contributed by atoms with Crippen LogP contribution in [0.2, 0.25) is 0 Å². The van der Waals surface area contributed by atoms with E-state index in [0.717, 1.165) is 63.0 Å². The third-order valence-electron chi connectivity index (χ3n) is 10.6. The number of piperidine rings is 1. The maximum absolute atomic E-state index is 14.9. The Kier molecular flexibility index (Phi) is 8.58. The number of ether oxygens (including phenoxy) is 1. The highest BCUT2D eigenvalue weighted by molar-refractivity contribution is 5.82. The van der Waals surface area contributed by atoms with Gasteiger partial charge in [-0.05, 0) is 99.0 Å². The first-order chi connectivity index (χ1) is 20.9. The fourth-order valence-corrected chi connectivity index (χ4v) is 8.20. The molecule has 3 aliphatic heterocycles. The number of methoxy groups -OCH3 is 1. The topological polar surface area (TPSA) is 88.9 Å². The molecule has 4 aliphatic rings. The Hall–Kier alpha value is -3.64. The average molecular weight is 588 g/mol. The summed E-state index contributed by atoms with van der Waals surface area (Å²) in [6, 6.07) is 16.8. The van der Waals surface area contributed by atoms with E-state index < -0.39 is 6.09 Å².